The molecule has 0 atom stereocenters. The Labute approximate surface area is 137 Å². The van der Waals surface area contributed by atoms with E-state index in [4.69, 9.17) is 11.6 Å². The van der Waals surface area contributed by atoms with E-state index in [2.05, 4.69) is 20.3 Å². The molecule has 22 heavy (non-hydrogen) atoms. The van der Waals surface area contributed by atoms with Gasteiger partial charge in [-0.2, -0.15) is 0 Å². The first kappa shape index (κ1) is 18.7. The second-order valence-corrected chi connectivity index (χ2v) is 7.08. The molecular weight excluding hydrogens is 324 g/mol. The van der Waals surface area contributed by atoms with Gasteiger partial charge >= 0.3 is 0 Å². The highest BCUT2D eigenvalue weighted by Gasteiger charge is 2.04. The summed E-state index contributed by atoms with van der Waals surface area (Å²) in [6.07, 6.45) is 0. The van der Waals surface area contributed by atoms with Crippen molar-refractivity contribution in [1.82, 2.24) is 15.4 Å². The lowest BCUT2D eigenvalue weighted by atomic mass is 10.2. The quantitative estimate of drug-likeness (QED) is 0.377. The standard InChI is InChI=1S/C14H23ClN4O2S/c1-3-16-14(17-9-10-19-22(20,21)4-2)18-11-12-5-7-13(15)8-6-12/h5-8,19H,3-4,9-11H2,1-2H3,(H2,16,17,18). The van der Waals surface area contributed by atoms with E-state index >= 15 is 0 Å². The van der Waals surface area contributed by atoms with Gasteiger partial charge in [0.05, 0.1) is 12.3 Å². The molecule has 3 N–H and O–H groups in total. The minimum absolute atomic E-state index is 0.0811. The van der Waals surface area contributed by atoms with E-state index < -0.39 is 10.0 Å². The maximum Gasteiger partial charge on any atom is 0.211 e. The topological polar surface area (TPSA) is 82.6 Å². The Morgan fingerprint density at radius 3 is 2.41 bits per heavy atom. The summed E-state index contributed by atoms with van der Waals surface area (Å²) in [5, 5.41) is 6.89. The van der Waals surface area contributed by atoms with E-state index in [1.54, 1.807) is 6.92 Å². The number of guanidine groups is 1. The van der Waals surface area contributed by atoms with Crippen LogP contribution in [0.2, 0.25) is 5.02 Å². The molecule has 0 aliphatic rings. The van der Waals surface area contributed by atoms with Crippen molar-refractivity contribution in [2.24, 2.45) is 4.99 Å². The van der Waals surface area contributed by atoms with E-state index in [-0.39, 0.29) is 5.75 Å². The van der Waals surface area contributed by atoms with Crippen molar-refractivity contribution in [2.45, 2.75) is 20.4 Å². The van der Waals surface area contributed by atoms with Gasteiger partial charge in [0, 0.05) is 24.7 Å². The van der Waals surface area contributed by atoms with Crippen LogP contribution in [0.5, 0.6) is 0 Å². The van der Waals surface area contributed by atoms with Crippen LogP contribution in [0.25, 0.3) is 0 Å². The molecule has 0 heterocycles. The Bertz CT molecular complexity index is 573. The van der Waals surface area contributed by atoms with Gasteiger partial charge in [-0.25, -0.2) is 18.1 Å². The lowest BCUT2D eigenvalue weighted by molar-refractivity contribution is 0.582. The predicted octanol–water partition coefficient (Wildman–Crippen LogP) is 1.33. The molecule has 0 unspecified atom stereocenters. The molecule has 0 aliphatic carbocycles. The van der Waals surface area contributed by atoms with Gasteiger partial charge in [-0.1, -0.05) is 23.7 Å². The van der Waals surface area contributed by atoms with Crippen LogP contribution in [-0.4, -0.2) is 39.8 Å². The van der Waals surface area contributed by atoms with Gasteiger partial charge in [0.15, 0.2) is 5.96 Å². The van der Waals surface area contributed by atoms with Gasteiger partial charge in [-0.3, -0.25) is 0 Å². The normalized spacial score (nSPS) is 12.2. The predicted molar refractivity (Wildman–Crippen MR) is 91.7 cm³/mol. The molecule has 0 saturated heterocycles. The van der Waals surface area contributed by atoms with Crippen molar-refractivity contribution in [3.05, 3.63) is 34.9 Å². The Hall–Kier alpha value is -1.31. The average Bonchev–Trinajstić information content (AvgIpc) is 2.50. The van der Waals surface area contributed by atoms with Gasteiger partial charge < -0.3 is 10.6 Å². The number of nitrogens with zero attached hydrogens (tertiary/aromatic N) is 1. The fraction of sp³-hybridized carbons (Fsp3) is 0.500. The van der Waals surface area contributed by atoms with Crippen LogP contribution in [-0.2, 0) is 16.6 Å². The fourth-order valence-corrected chi connectivity index (χ4v) is 2.33. The molecule has 0 fully saturated rings. The summed E-state index contributed by atoms with van der Waals surface area (Å²) >= 11 is 5.84. The molecule has 0 aromatic heterocycles. The minimum Gasteiger partial charge on any atom is -0.357 e. The maximum atomic E-state index is 11.3. The smallest absolute Gasteiger partial charge is 0.211 e. The van der Waals surface area contributed by atoms with Crippen LogP contribution in [0.1, 0.15) is 19.4 Å². The van der Waals surface area contributed by atoms with Gasteiger partial charge in [0.25, 0.3) is 0 Å². The van der Waals surface area contributed by atoms with E-state index in [0.29, 0.717) is 30.6 Å². The van der Waals surface area contributed by atoms with Crippen LogP contribution in [0.15, 0.2) is 29.3 Å². The summed E-state index contributed by atoms with van der Waals surface area (Å²) in [7, 11) is -3.15. The molecular formula is C14H23ClN4O2S. The molecule has 8 heteroatoms. The van der Waals surface area contributed by atoms with Crippen LogP contribution in [0, 0.1) is 0 Å². The van der Waals surface area contributed by atoms with Gasteiger partial charge in [0.2, 0.25) is 10.0 Å². The van der Waals surface area contributed by atoms with Gasteiger partial charge in [-0.15, -0.1) is 0 Å². The van der Waals surface area contributed by atoms with Crippen molar-refractivity contribution >= 4 is 27.6 Å². The Kier molecular flexibility index (Phi) is 8.22. The molecule has 0 aliphatic heterocycles. The number of hydrogen-bond acceptors (Lipinski definition) is 3. The first-order valence-electron chi connectivity index (χ1n) is 7.20. The monoisotopic (exact) mass is 346 g/mol. The second kappa shape index (κ2) is 9.66. The number of rotatable bonds is 8. The van der Waals surface area contributed by atoms with Crippen molar-refractivity contribution in [3.63, 3.8) is 0 Å². The van der Waals surface area contributed by atoms with Crippen LogP contribution >= 0.6 is 11.6 Å². The molecule has 1 aromatic rings. The summed E-state index contributed by atoms with van der Waals surface area (Å²) in [6.45, 7) is 5.61. The molecule has 0 spiro atoms. The molecule has 6 nitrogen and oxygen atoms in total. The zero-order chi connectivity index (χ0) is 16.4. The Morgan fingerprint density at radius 1 is 1.14 bits per heavy atom. The third-order valence-electron chi connectivity index (χ3n) is 2.80. The summed E-state index contributed by atoms with van der Waals surface area (Å²) < 4.78 is 25.1. The molecule has 1 rings (SSSR count). The lowest BCUT2D eigenvalue weighted by Crippen LogP contribution is -2.41. The number of hydrogen-bond donors (Lipinski definition) is 3. The first-order chi connectivity index (χ1) is 10.5. The number of aliphatic imine (C=N–C) groups is 1. The molecule has 0 saturated carbocycles. The zero-order valence-corrected chi connectivity index (χ0v) is 14.5. The average molecular weight is 347 g/mol. The highest BCUT2D eigenvalue weighted by molar-refractivity contribution is 7.89. The van der Waals surface area contributed by atoms with Crippen LogP contribution in [0.3, 0.4) is 0 Å². The largest absolute Gasteiger partial charge is 0.357 e. The van der Waals surface area contributed by atoms with E-state index in [1.807, 2.05) is 31.2 Å². The molecule has 1 aromatic carbocycles. The summed E-state index contributed by atoms with van der Waals surface area (Å²) in [6, 6.07) is 7.49. The van der Waals surface area contributed by atoms with Crippen LogP contribution < -0.4 is 15.4 Å². The molecule has 124 valence electrons. The fourth-order valence-electron chi connectivity index (χ4n) is 1.59. The Morgan fingerprint density at radius 2 is 1.82 bits per heavy atom. The lowest BCUT2D eigenvalue weighted by Gasteiger charge is -2.11. The number of sulfonamides is 1. The van der Waals surface area contributed by atoms with Crippen molar-refractivity contribution < 1.29 is 8.42 Å². The zero-order valence-electron chi connectivity index (χ0n) is 12.9. The van der Waals surface area contributed by atoms with E-state index in [9.17, 15) is 8.42 Å². The van der Waals surface area contributed by atoms with E-state index in [1.165, 1.54) is 0 Å². The molecule has 0 amide bonds. The van der Waals surface area contributed by atoms with Gasteiger partial charge in [0.1, 0.15) is 0 Å². The summed E-state index contributed by atoms with van der Waals surface area (Å²) in [5.41, 5.74) is 1.05. The summed E-state index contributed by atoms with van der Waals surface area (Å²) in [4.78, 5) is 4.44. The molecule has 0 radical (unpaired) electrons. The second-order valence-electron chi connectivity index (χ2n) is 4.55. The number of halogens is 1. The van der Waals surface area contributed by atoms with Crippen molar-refractivity contribution in [1.29, 1.82) is 0 Å². The first-order valence-corrected chi connectivity index (χ1v) is 9.23. The van der Waals surface area contributed by atoms with Gasteiger partial charge in [-0.05, 0) is 31.5 Å². The SMILES string of the molecule is CCNC(=NCc1ccc(Cl)cc1)NCCNS(=O)(=O)CC. The number of nitrogens with one attached hydrogen (secondary N) is 3. The third-order valence-corrected chi connectivity index (χ3v) is 4.45. The highest BCUT2D eigenvalue weighted by Crippen LogP contribution is 2.09. The minimum atomic E-state index is -3.15. The van der Waals surface area contributed by atoms with Crippen molar-refractivity contribution in [3.8, 4) is 0 Å². The number of benzene rings is 1. The van der Waals surface area contributed by atoms with Crippen LogP contribution in [0.4, 0.5) is 0 Å². The Balaban J connectivity index is 2.47. The van der Waals surface area contributed by atoms with E-state index in [0.717, 1.165) is 12.1 Å². The highest BCUT2D eigenvalue weighted by atomic mass is 35.5. The summed E-state index contributed by atoms with van der Waals surface area (Å²) in [5.74, 6) is 0.728. The van der Waals surface area contributed by atoms with Crippen molar-refractivity contribution in [2.75, 3.05) is 25.4 Å². The third kappa shape index (κ3) is 7.63. The molecule has 0 bridgehead atoms. The maximum absolute atomic E-state index is 11.3.